The Morgan fingerprint density at radius 1 is 1.32 bits per heavy atom. The van der Waals surface area contributed by atoms with Gasteiger partial charge in [0.15, 0.2) is 0 Å². The largest absolute Gasteiger partial charge is 0.495 e. The van der Waals surface area contributed by atoms with Crippen molar-refractivity contribution in [2.24, 2.45) is 5.92 Å². The summed E-state index contributed by atoms with van der Waals surface area (Å²) < 4.78 is 17.8. The fourth-order valence-corrected chi connectivity index (χ4v) is 3.49. The molecule has 0 aliphatic rings. The monoisotopic (exact) mass is 283 g/mol. The van der Waals surface area contributed by atoms with Crippen LogP contribution in [0, 0.1) is 5.92 Å². The summed E-state index contributed by atoms with van der Waals surface area (Å²) in [6.45, 7) is 7.42. The smallest absolute Gasteiger partial charge is 0.134 e. The first-order valence-electron chi connectivity index (χ1n) is 6.84. The van der Waals surface area contributed by atoms with Crippen molar-refractivity contribution in [1.82, 2.24) is 5.32 Å². The van der Waals surface area contributed by atoms with Crippen LogP contribution >= 0.6 is 0 Å². The Labute approximate surface area is 119 Å². The maximum atomic E-state index is 12.5. The van der Waals surface area contributed by atoms with Crippen LogP contribution in [0.4, 0.5) is 0 Å². The molecular weight excluding hydrogens is 258 g/mol. The third-order valence-corrected chi connectivity index (χ3v) is 4.60. The molecule has 4 heteroatoms. The average Bonchev–Trinajstić information content (AvgIpc) is 2.42. The van der Waals surface area contributed by atoms with Crippen molar-refractivity contribution in [3.63, 3.8) is 0 Å². The number of nitrogens with one attached hydrogen (secondary N) is 1. The first-order valence-corrected chi connectivity index (χ1v) is 8.16. The Morgan fingerprint density at radius 3 is 2.58 bits per heavy atom. The number of ether oxygens (including phenoxy) is 1. The molecule has 108 valence electrons. The van der Waals surface area contributed by atoms with Crippen LogP contribution in [0.1, 0.15) is 27.2 Å². The Hall–Kier alpha value is -0.870. The second-order valence-corrected chi connectivity index (χ2v) is 6.43. The molecule has 0 saturated carbocycles. The van der Waals surface area contributed by atoms with Gasteiger partial charge in [-0.3, -0.25) is 4.21 Å². The lowest BCUT2D eigenvalue weighted by molar-refractivity contribution is 0.403. The zero-order valence-electron chi connectivity index (χ0n) is 12.3. The highest BCUT2D eigenvalue weighted by Crippen LogP contribution is 2.22. The molecule has 1 aromatic carbocycles. The number of methoxy groups -OCH3 is 1. The van der Waals surface area contributed by atoms with Crippen molar-refractivity contribution in [3.05, 3.63) is 24.3 Å². The van der Waals surface area contributed by atoms with E-state index in [4.69, 9.17) is 4.74 Å². The highest BCUT2D eigenvalue weighted by atomic mass is 32.2. The molecule has 0 bridgehead atoms. The zero-order chi connectivity index (χ0) is 14.3. The van der Waals surface area contributed by atoms with Gasteiger partial charge >= 0.3 is 0 Å². The molecule has 19 heavy (non-hydrogen) atoms. The standard InChI is InChI=1S/C15H25NO2S/c1-5-10-16-13(12(2)3)11-19(17)15-9-7-6-8-14(15)18-4/h6-9,12-13,16H,5,10-11H2,1-4H3. The molecule has 0 aliphatic carbocycles. The molecule has 3 nitrogen and oxygen atoms in total. The fourth-order valence-electron chi connectivity index (χ4n) is 1.88. The summed E-state index contributed by atoms with van der Waals surface area (Å²) in [5.41, 5.74) is 0. The third kappa shape index (κ3) is 4.96. The number of para-hydroxylation sites is 1. The van der Waals surface area contributed by atoms with Crippen LogP contribution in [0.25, 0.3) is 0 Å². The van der Waals surface area contributed by atoms with Gasteiger partial charge in [0.25, 0.3) is 0 Å². The van der Waals surface area contributed by atoms with E-state index in [9.17, 15) is 4.21 Å². The predicted octanol–water partition coefficient (Wildman–Crippen LogP) is 2.83. The summed E-state index contributed by atoms with van der Waals surface area (Å²) in [6, 6.07) is 7.81. The lowest BCUT2D eigenvalue weighted by Gasteiger charge is -2.22. The summed E-state index contributed by atoms with van der Waals surface area (Å²) in [5.74, 6) is 1.79. The quantitative estimate of drug-likeness (QED) is 0.797. The van der Waals surface area contributed by atoms with Gasteiger partial charge in [-0.25, -0.2) is 0 Å². The van der Waals surface area contributed by atoms with Crippen molar-refractivity contribution < 1.29 is 8.95 Å². The average molecular weight is 283 g/mol. The van der Waals surface area contributed by atoms with Gasteiger partial charge in [-0.15, -0.1) is 0 Å². The molecule has 2 atom stereocenters. The number of rotatable bonds is 8. The van der Waals surface area contributed by atoms with Crippen molar-refractivity contribution in [1.29, 1.82) is 0 Å². The summed E-state index contributed by atoms with van der Waals surface area (Å²) in [4.78, 5) is 0.786. The number of benzene rings is 1. The van der Waals surface area contributed by atoms with Crippen molar-refractivity contribution in [2.75, 3.05) is 19.4 Å². The van der Waals surface area contributed by atoms with Gasteiger partial charge in [0.1, 0.15) is 5.75 Å². The molecule has 0 heterocycles. The van der Waals surface area contributed by atoms with Crippen molar-refractivity contribution >= 4 is 10.8 Å². The van der Waals surface area contributed by atoms with E-state index in [1.54, 1.807) is 7.11 Å². The third-order valence-electron chi connectivity index (χ3n) is 3.11. The summed E-state index contributed by atoms with van der Waals surface area (Å²) in [7, 11) is 0.580. The van der Waals surface area contributed by atoms with Crippen LogP contribution in [0.5, 0.6) is 5.75 Å². The molecule has 1 aromatic rings. The fraction of sp³-hybridized carbons (Fsp3) is 0.600. The molecule has 0 radical (unpaired) electrons. The van der Waals surface area contributed by atoms with Crippen molar-refractivity contribution in [2.45, 2.75) is 38.1 Å². The summed E-state index contributed by atoms with van der Waals surface area (Å²) in [6.07, 6.45) is 1.09. The SMILES string of the molecule is CCCNC(CS(=O)c1ccccc1OC)C(C)C. The number of hydrogen-bond donors (Lipinski definition) is 1. The van der Waals surface area contributed by atoms with Crippen LogP contribution < -0.4 is 10.1 Å². The maximum absolute atomic E-state index is 12.5. The Balaban J connectivity index is 2.76. The predicted molar refractivity (Wildman–Crippen MR) is 81.2 cm³/mol. The molecule has 0 amide bonds. The lowest BCUT2D eigenvalue weighted by atomic mass is 10.1. The van der Waals surface area contributed by atoms with Crippen LogP contribution in [-0.2, 0) is 10.8 Å². The molecular formula is C15H25NO2S. The Morgan fingerprint density at radius 2 is 2.00 bits per heavy atom. The van der Waals surface area contributed by atoms with E-state index in [1.807, 2.05) is 24.3 Å². The molecule has 0 spiro atoms. The number of hydrogen-bond acceptors (Lipinski definition) is 3. The molecule has 0 aliphatic heterocycles. The Bertz CT molecular complexity index is 407. The van der Waals surface area contributed by atoms with E-state index in [2.05, 4.69) is 26.1 Å². The van der Waals surface area contributed by atoms with E-state index in [0.717, 1.165) is 17.9 Å². The van der Waals surface area contributed by atoms with E-state index in [-0.39, 0.29) is 6.04 Å². The first kappa shape index (κ1) is 16.2. The van der Waals surface area contributed by atoms with Gasteiger partial charge in [-0.05, 0) is 31.0 Å². The van der Waals surface area contributed by atoms with Crippen LogP contribution in [0.15, 0.2) is 29.2 Å². The summed E-state index contributed by atoms with van der Waals surface area (Å²) >= 11 is 0. The van der Waals surface area contributed by atoms with Gasteiger partial charge in [0.05, 0.1) is 22.8 Å². The molecule has 0 fully saturated rings. The molecule has 2 unspecified atom stereocenters. The molecule has 1 N–H and O–H groups in total. The molecule has 0 saturated heterocycles. The van der Waals surface area contributed by atoms with Crippen LogP contribution in [0.2, 0.25) is 0 Å². The van der Waals surface area contributed by atoms with Crippen molar-refractivity contribution in [3.8, 4) is 5.75 Å². The highest BCUT2D eigenvalue weighted by Gasteiger charge is 2.18. The second-order valence-electron chi connectivity index (χ2n) is 4.97. The topological polar surface area (TPSA) is 38.3 Å². The van der Waals surface area contributed by atoms with Crippen LogP contribution in [0.3, 0.4) is 0 Å². The highest BCUT2D eigenvalue weighted by molar-refractivity contribution is 7.85. The van der Waals surface area contributed by atoms with E-state index in [1.165, 1.54) is 0 Å². The minimum absolute atomic E-state index is 0.269. The van der Waals surface area contributed by atoms with Gasteiger partial charge in [-0.1, -0.05) is 32.9 Å². The minimum Gasteiger partial charge on any atom is -0.495 e. The molecule has 1 rings (SSSR count). The van der Waals surface area contributed by atoms with Gasteiger partial charge in [0.2, 0.25) is 0 Å². The second kappa shape index (κ2) is 8.33. The first-order chi connectivity index (χ1) is 9.10. The lowest BCUT2D eigenvalue weighted by Crippen LogP contribution is -2.38. The normalized spacial score (nSPS) is 14.4. The summed E-state index contributed by atoms with van der Waals surface area (Å²) in [5, 5.41) is 3.47. The zero-order valence-corrected chi connectivity index (χ0v) is 13.1. The maximum Gasteiger partial charge on any atom is 0.134 e. The minimum atomic E-state index is -1.04. The van der Waals surface area contributed by atoms with E-state index in [0.29, 0.717) is 17.4 Å². The van der Waals surface area contributed by atoms with Gasteiger partial charge in [-0.2, -0.15) is 0 Å². The van der Waals surface area contributed by atoms with Gasteiger partial charge < -0.3 is 10.1 Å². The molecule has 0 aromatic heterocycles. The Kier molecular flexibility index (Phi) is 7.10. The van der Waals surface area contributed by atoms with Crippen LogP contribution in [-0.4, -0.2) is 29.7 Å². The van der Waals surface area contributed by atoms with Gasteiger partial charge in [0, 0.05) is 11.8 Å². The van der Waals surface area contributed by atoms with E-state index >= 15 is 0 Å². The van der Waals surface area contributed by atoms with E-state index < -0.39 is 10.8 Å².